The fourth-order valence-corrected chi connectivity index (χ4v) is 3.06. The molecule has 2 aliphatic carbocycles. The Labute approximate surface area is 75.2 Å². The largest absolute Gasteiger partial charge is 0.393 e. The van der Waals surface area contributed by atoms with E-state index in [4.69, 9.17) is 0 Å². The van der Waals surface area contributed by atoms with Crippen LogP contribution in [-0.2, 0) is 0 Å². The summed E-state index contributed by atoms with van der Waals surface area (Å²) in [5.74, 6) is 1.84. The lowest BCUT2D eigenvalue weighted by Crippen LogP contribution is -2.20. The molecule has 1 nitrogen and oxygen atoms in total. The summed E-state index contributed by atoms with van der Waals surface area (Å²) in [6.07, 6.45) is 10.5. The van der Waals surface area contributed by atoms with E-state index >= 15 is 0 Å². The SMILES string of the molecule is OC1CCCC2CCCCC2C1. The first-order valence-corrected chi connectivity index (χ1v) is 5.54. The van der Waals surface area contributed by atoms with Crippen LogP contribution in [0.25, 0.3) is 0 Å². The van der Waals surface area contributed by atoms with Crippen LogP contribution in [0.4, 0.5) is 0 Å². The fraction of sp³-hybridized carbons (Fsp3) is 1.00. The summed E-state index contributed by atoms with van der Waals surface area (Å²) in [5, 5.41) is 9.63. The van der Waals surface area contributed by atoms with Gasteiger partial charge in [0.05, 0.1) is 6.10 Å². The monoisotopic (exact) mass is 168 g/mol. The number of fused-ring (bicyclic) bond motifs is 1. The van der Waals surface area contributed by atoms with Crippen LogP contribution < -0.4 is 0 Å². The van der Waals surface area contributed by atoms with Gasteiger partial charge in [-0.2, -0.15) is 0 Å². The molecular weight excluding hydrogens is 148 g/mol. The minimum Gasteiger partial charge on any atom is -0.393 e. The lowest BCUT2D eigenvalue weighted by molar-refractivity contribution is 0.119. The van der Waals surface area contributed by atoms with Gasteiger partial charge in [-0.05, 0) is 24.7 Å². The van der Waals surface area contributed by atoms with Crippen molar-refractivity contribution in [3.05, 3.63) is 0 Å². The van der Waals surface area contributed by atoms with E-state index in [1.807, 2.05) is 0 Å². The normalized spacial score (nSPS) is 43.2. The third kappa shape index (κ3) is 1.82. The number of aliphatic hydroxyl groups excluding tert-OH is 1. The van der Waals surface area contributed by atoms with Gasteiger partial charge in [-0.1, -0.05) is 38.5 Å². The molecule has 3 atom stereocenters. The van der Waals surface area contributed by atoms with E-state index < -0.39 is 0 Å². The number of hydrogen-bond acceptors (Lipinski definition) is 1. The molecule has 1 heteroatoms. The van der Waals surface area contributed by atoms with Gasteiger partial charge in [0.2, 0.25) is 0 Å². The molecule has 0 spiro atoms. The topological polar surface area (TPSA) is 20.2 Å². The molecule has 2 fully saturated rings. The van der Waals surface area contributed by atoms with Crippen LogP contribution in [0, 0.1) is 11.8 Å². The van der Waals surface area contributed by atoms with Crippen molar-refractivity contribution in [3.8, 4) is 0 Å². The van der Waals surface area contributed by atoms with E-state index in [2.05, 4.69) is 0 Å². The van der Waals surface area contributed by atoms with Gasteiger partial charge in [0.15, 0.2) is 0 Å². The van der Waals surface area contributed by atoms with Crippen molar-refractivity contribution >= 4 is 0 Å². The highest BCUT2D eigenvalue weighted by Crippen LogP contribution is 2.39. The third-order valence-electron chi connectivity index (χ3n) is 3.75. The Kier molecular flexibility index (Phi) is 2.69. The molecule has 0 aliphatic heterocycles. The van der Waals surface area contributed by atoms with Gasteiger partial charge < -0.3 is 5.11 Å². The highest BCUT2D eigenvalue weighted by atomic mass is 16.3. The molecule has 0 saturated heterocycles. The Balaban J connectivity index is 1.96. The van der Waals surface area contributed by atoms with Crippen molar-refractivity contribution in [1.29, 1.82) is 0 Å². The highest BCUT2D eigenvalue weighted by molar-refractivity contribution is 4.80. The molecule has 0 aromatic carbocycles. The molecule has 0 radical (unpaired) electrons. The molecule has 0 aromatic rings. The minimum atomic E-state index is 0.0260. The first kappa shape index (κ1) is 8.55. The van der Waals surface area contributed by atoms with Crippen LogP contribution in [0.15, 0.2) is 0 Å². The average molecular weight is 168 g/mol. The zero-order valence-corrected chi connectivity index (χ0v) is 7.84. The highest BCUT2D eigenvalue weighted by Gasteiger charge is 2.29. The summed E-state index contributed by atoms with van der Waals surface area (Å²) < 4.78 is 0. The Morgan fingerprint density at radius 3 is 2.25 bits per heavy atom. The second-order valence-electron chi connectivity index (χ2n) is 4.63. The maximum absolute atomic E-state index is 9.63. The molecule has 0 bridgehead atoms. The first-order chi connectivity index (χ1) is 5.86. The number of hydrogen-bond donors (Lipinski definition) is 1. The van der Waals surface area contributed by atoms with Crippen LogP contribution >= 0.6 is 0 Å². The van der Waals surface area contributed by atoms with E-state index in [1.165, 1.54) is 38.5 Å². The Morgan fingerprint density at radius 1 is 0.750 bits per heavy atom. The molecule has 2 aliphatic rings. The van der Waals surface area contributed by atoms with Gasteiger partial charge in [-0.25, -0.2) is 0 Å². The Bertz CT molecular complexity index is 144. The zero-order chi connectivity index (χ0) is 8.39. The average Bonchev–Trinajstić information content (AvgIpc) is 2.25. The molecule has 2 rings (SSSR count). The summed E-state index contributed by atoms with van der Waals surface area (Å²) in [5.41, 5.74) is 0. The van der Waals surface area contributed by atoms with E-state index in [0.29, 0.717) is 0 Å². The van der Waals surface area contributed by atoms with Crippen LogP contribution in [0.5, 0.6) is 0 Å². The molecule has 0 aromatic heterocycles. The van der Waals surface area contributed by atoms with Gasteiger partial charge in [0, 0.05) is 0 Å². The lowest BCUT2D eigenvalue weighted by Gasteiger charge is -2.30. The summed E-state index contributed by atoms with van der Waals surface area (Å²) >= 11 is 0. The molecule has 2 saturated carbocycles. The second kappa shape index (κ2) is 3.78. The van der Waals surface area contributed by atoms with Gasteiger partial charge in [0.1, 0.15) is 0 Å². The smallest absolute Gasteiger partial charge is 0.0543 e. The maximum atomic E-state index is 9.63. The van der Waals surface area contributed by atoms with Crippen molar-refractivity contribution < 1.29 is 5.11 Å². The molecule has 3 unspecified atom stereocenters. The lowest BCUT2D eigenvalue weighted by atomic mass is 9.76. The van der Waals surface area contributed by atoms with E-state index in [1.54, 1.807) is 0 Å². The van der Waals surface area contributed by atoms with Gasteiger partial charge in [0.25, 0.3) is 0 Å². The summed E-state index contributed by atoms with van der Waals surface area (Å²) in [4.78, 5) is 0. The minimum absolute atomic E-state index is 0.0260. The van der Waals surface area contributed by atoms with E-state index in [-0.39, 0.29) is 6.10 Å². The van der Waals surface area contributed by atoms with Crippen molar-refractivity contribution in [2.24, 2.45) is 11.8 Å². The Hall–Kier alpha value is -0.0400. The standard InChI is InChI=1S/C11H20O/c12-11-7-3-6-9-4-1-2-5-10(9)8-11/h9-12H,1-8H2. The van der Waals surface area contributed by atoms with E-state index in [9.17, 15) is 5.11 Å². The quantitative estimate of drug-likeness (QED) is 0.589. The Morgan fingerprint density at radius 2 is 1.42 bits per heavy atom. The molecule has 12 heavy (non-hydrogen) atoms. The predicted octanol–water partition coefficient (Wildman–Crippen LogP) is 2.73. The molecule has 70 valence electrons. The van der Waals surface area contributed by atoms with Crippen molar-refractivity contribution in [2.45, 2.75) is 57.5 Å². The van der Waals surface area contributed by atoms with Crippen LogP contribution in [0.3, 0.4) is 0 Å². The molecule has 0 heterocycles. The van der Waals surface area contributed by atoms with Crippen LogP contribution in [0.2, 0.25) is 0 Å². The van der Waals surface area contributed by atoms with Crippen molar-refractivity contribution in [2.75, 3.05) is 0 Å². The molecular formula is C11H20O. The van der Waals surface area contributed by atoms with Gasteiger partial charge >= 0.3 is 0 Å². The third-order valence-corrected chi connectivity index (χ3v) is 3.75. The van der Waals surface area contributed by atoms with Gasteiger partial charge in [-0.15, -0.1) is 0 Å². The summed E-state index contributed by atoms with van der Waals surface area (Å²) in [6, 6.07) is 0. The van der Waals surface area contributed by atoms with Crippen molar-refractivity contribution in [3.63, 3.8) is 0 Å². The first-order valence-electron chi connectivity index (χ1n) is 5.54. The van der Waals surface area contributed by atoms with Crippen molar-refractivity contribution in [1.82, 2.24) is 0 Å². The predicted molar refractivity (Wildman–Crippen MR) is 49.9 cm³/mol. The number of rotatable bonds is 0. The molecule has 1 N–H and O–H groups in total. The zero-order valence-electron chi connectivity index (χ0n) is 7.84. The fourth-order valence-electron chi connectivity index (χ4n) is 3.06. The summed E-state index contributed by atoms with van der Waals surface area (Å²) in [7, 11) is 0. The summed E-state index contributed by atoms with van der Waals surface area (Å²) in [6.45, 7) is 0. The van der Waals surface area contributed by atoms with Crippen LogP contribution in [-0.4, -0.2) is 11.2 Å². The molecule has 0 amide bonds. The van der Waals surface area contributed by atoms with Crippen LogP contribution in [0.1, 0.15) is 51.4 Å². The number of aliphatic hydroxyl groups is 1. The van der Waals surface area contributed by atoms with E-state index in [0.717, 1.165) is 24.7 Å². The van der Waals surface area contributed by atoms with Gasteiger partial charge in [-0.3, -0.25) is 0 Å². The maximum Gasteiger partial charge on any atom is 0.0543 e. The second-order valence-corrected chi connectivity index (χ2v) is 4.63.